The van der Waals surface area contributed by atoms with Crippen molar-refractivity contribution in [1.29, 1.82) is 0 Å². The zero-order valence-corrected chi connectivity index (χ0v) is 24.1. The van der Waals surface area contributed by atoms with Crippen LogP contribution in [0.5, 0.6) is 5.75 Å². The van der Waals surface area contributed by atoms with Gasteiger partial charge in [-0.3, -0.25) is 14.0 Å². The number of phenolic OH excluding ortho intramolecular Hbond substituents is 1. The average Bonchev–Trinajstić information content (AvgIpc) is 2.91. The first-order chi connectivity index (χ1) is 19.1. The zero-order valence-electron chi connectivity index (χ0n) is 23.3. The van der Waals surface area contributed by atoms with Crippen LogP contribution in [-0.4, -0.2) is 63.7 Å². The van der Waals surface area contributed by atoms with Gasteiger partial charge in [-0.2, -0.15) is 0 Å². The molecule has 8 nitrogen and oxygen atoms in total. The van der Waals surface area contributed by atoms with E-state index in [0.29, 0.717) is 28.9 Å². The molecule has 1 fully saturated rings. The molecule has 0 saturated carbocycles. The largest absolute Gasteiger partial charge is 0.508 e. The SMILES string of the molecule is Cc1cc(C)c(S(=O)(=O)N(Cc2cccc(O)c2)c2ccc(/C=C/C(=O)NCCN3CCOCC3)cc2)c(C)c1. The number of aryl methyl sites for hydroxylation is 3. The second kappa shape index (κ2) is 13.1. The molecule has 3 aromatic carbocycles. The zero-order chi connectivity index (χ0) is 28.7. The number of rotatable bonds is 10. The van der Waals surface area contributed by atoms with Gasteiger partial charge in [0.25, 0.3) is 10.0 Å². The van der Waals surface area contributed by atoms with Crippen LogP contribution in [0.25, 0.3) is 6.08 Å². The van der Waals surface area contributed by atoms with Crippen molar-refractivity contribution >= 4 is 27.7 Å². The third-order valence-corrected chi connectivity index (χ3v) is 8.91. The summed E-state index contributed by atoms with van der Waals surface area (Å²) in [4.78, 5) is 14.8. The molecule has 1 amide bonds. The van der Waals surface area contributed by atoms with E-state index in [1.807, 2.05) is 19.1 Å². The van der Waals surface area contributed by atoms with E-state index in [0.717, 1.165) is 44.0 Å². The first-order valence-electron chi connectivity index (χ1n) is 13.4. The summed E-state index contributed by atoms with van der Waals surface area (Å²) in [5.74, 6) is -0.114. The highest BCUT2D eigenvalue weighted by molar-refractivity contribution is 7.92. The Kier molecular flexibility index (Phi) is 9.63. The molecule has 0 aliphatic carbocycles. The highest BCUT2D eigenvalue weighted by Crippen LogP contribution is 2.31. The molecule has 9 heteroatoms. The molecular formula is C31H37N3O5S. The van der Waals surface area contributed by atoms with Gasteiger partial charge in [0.1, 0.15) is 5.75 Å². The van der Waals surface area contributed by atoms with Gasteiger partial charge in [0.2, 0.25) is 5.91 Å². The number of morpholine rings is 1. The van der Waals surface area contributed by atoms with Crippen molar-refractivity contribution < 1.29 is 23.1 Å². The number of ether oxygens (including phenoxy) is 1. The number of nitrogens with zero attached hydrogens (tertiary/aromatic N) is 2. The van der Waals surface area contributed by atoms with Crippen LogP contribution in [-0.2, 0) is 26.1 Å². The van der Waals surface area contributed by atoms with E-state index in [1.54, 1.807) is 68.5 Å². The number of anilines is 1. The molecular weight excluding hydrogens is 526 g/mol. The molecule has 2 N–H and O–H groups in total. The molecule has 0 bridgehead atoms. The number of benzene rings is 3. The summed E-state index contributed by atoms with van der Waals surface area (Å²) in [7, 11) is -3.94. The highest BCUT2D eigenvalue weighted by Gasteiger charge is 2.29. The fourth-order valence-electron chi connectivity index (χ4n) is 4.96. The normalized spacial score (nSPS) is 14.4. The van der Waals surface area contributed by atoms with Crippen LogP contribution in [0, 0.1) is 20.8 Å². The molecule has 0 aromatic heterocycles. The summed E-state index contributed by atoms with van der Waals surface area (Å²) in [5, 5.41) is 12.9. The lowest BCUT2D eigenvalue weighted by atomic mass is 10.1. The minimum atomic E-state index is -3.94. The van der Waals surface area contributed by atoms with Gasteiger partial charge in [0.15, 0.2) is 0 Å². The van der Waals surface area contributed by atoms with E-state index in [9.17, 15) is 18.3 Å². The molecule has 0 unspecified atom stereocenters. The highest BCUT2D eigenvalue weighted by atomic mass is 32.2. The van der Waals surface area contributed by atoms with E-state index < -0.39 is 10.0 Å². The summed E-state index contributed by atoms with van der Waals surface area (Å²) in [6.45, 7) is 10.1. The van der Waals surface area contributed by atoms with E-state index in [4.69, 9.17) is 4.74 Å². The van der Waals surface area contributed by atoms with Gasteiger partial charge in [-0.1, -0.05) is 42.0 Å². The van der Waals surface area contributed by atoms with Crippen LogP contribution in [0.15, 0.2) is 71.6 Å². The van der Waals surface area contributed by atoms with Crippen LogP contribution in [0.2, 0.25) is 0 Å². The maximum Gasteiger partial charge on any atom is 0.265 e. The van der Waals surface area contributed by atoms with Crippen molar-refractivity contribution in [3.8, 4) is 5.75 Å². The van der Waals surface area contributed by atoms with E-state index in [1.165, 1.54) is 10.4 Å². The molecule has 1 heterocycles. The van der Waals surface area contributed by atoms with Crippen molar-refractivity contribution in [1.82, 2.24) is 10.2 Å². The Balaban J connectivity index is 1.53. The quantitative estimate of drug-likeness (QED) is 0.359. The fourth-order valence-corrected chi connectivity index (χ4v) is 6.83. The fraction of sp³-hybridized carbons (Fsp3) is 0.323. The Labute approximate surface area is 236 Å². The Morgan fingerprint density at radius 2 is 1.70 bits per heavy atom. The maximum absolute atomic E-state index is 14.1. The molecule has 0 radical (unpaired) electrons. The molecule has 0 spiro atoms. The Morgan fingerprint density at radius 3 is 2.35 bits per heavy atom. The monoisotopic (exact) mass is 563 g/mol. The van der Waals surface area contributed by atoms with Crippen molar-refractivity contribution in [2.45, 2.75) is 32.2 Å². The smallest absolute Gasteiger partial charge is 0.265 e. The van der Waals surface area contributed by atoms with Gasteiger partial charge < -0.3 is 15.2 Å². The molecule has 1 saturated heterocycles. The average molecular weight is 564 g/mol. The minimum absolute atomic E-state index is 0.0459. The number of carbonyl (C=O) groups is 1. The lowest BCUT2D eigenvalue weighted by Gasteiger charge is -2.27. The predicted molar refractivity (Wildman–Crippen MR) is 158 cm³/mol. The van der Waals surface area contributed by atoms with Crippen LogP contribution in [0.3, 0.4) is 0 Å². The molecule has 1 aliphatic rings. The molecule has 212 valence electrons. The van der Waals surface area contributed by atoms with Crippen molar-refractivity contribution in [3.05, 3.63) is 94.6 Å². The first-order valence-corrected chi connectivity index (χ1v) is 14.8. The molecule has 4 rings (SSSR count). The van der Waals surface area contributed by atoms with Crippen molar-refractivity contribution in [2.24, 2.45) is 0 Å². The van der Waals surface area contributed by atoms with Crippen molar-refractivity contribution in [3.63, 3.8) is 0 Å². The van der Waals surface area contributed by atoms with E-state index in [2.05, 4.69) is 10.2 Å². The Bertz CT molecular complexity index is 1440. The number of amides is 1. The van der Waals surface area contributed by atoms with Gasteiger partial charge in [0, 0.05) is 32.3 Å². The van der Waals surface area contributed by atoms with Crippen LogP contribution in [0.4, 0.5) is 5.69 Å². The lowest BCUT2D eigenvalue weighted by molar-refractivity contribution is -0.116. The Morgan fingerprint density at radius 1 is 1.02 bits per heavy atom. The number of nitrogens with one attached hydrogen (secondary N) is 1. The second-order valence-electron chi connectivity index (χ2n) is 10.1. The Hall–Kier alpha value is -3.66. The first kappa shape index (κ1) is 29.3. The molecule has 3 aromatic rings. The number of phenols is 1. The predicted octanol–water partition coefficient (Wildman–Crippen LogP) is 4.17. The van der Waals surface area contributed by atoms with Gasteiger partial charge in [-0.05, 0) is 73.4 Å². The molecule has 40 heavy (non-hydrogen) atoms. The summed E-state index contributed by atoms with van der Waals surface area (Å²) in [5.41, 5.74) is 4.26. The standard InChI is InChI=1S/C31H37N3O5S/c1-23-19-24(2)31(25(3)20-23)40(37,38)34(22-27-5-4-6-29(35)21-27)28-10-7-26(8-11-28)9-12-30(36)32-13-14-33-15-17-39-18-16-33/h4-12,19-21,35H,13-18,22H2,1-3H3,(H,32,36)/b12-9+. The van der Waals surface area contributed by atoms with Gasteiger partial charge >= 0.3 is 0 Å². The number of carbonyl (C=O) groups excluding carboxylic acids is 1. The topological polar surface area (TPSA) is 99.2 Å². The van der Waals surface area contributed by atoms with Crippen molar-refractivity contribution in [2.75, 3.05) is 43.7 Å². The third-order valence-electron chi connectivity index (χ3n) is 6.83. The number of hydrogen-bond donors (Lipinski definition) is 2. The summed E-state index contributed by atoms with van der Waals surface area (Å²) in [6.07, 6.45) is 3.19. The lowest BCUT2D eigenvalue weighted by Crippen LogP contribution is -2.41. The molecule has 1 aliphatic heterocycles. The van der Waals surface area contributed by atoms with Gasteiger partial charge in [-0.15, -0.1) is 0 Å². The number of sulfonamides is 1. The van der Waals surface area contributed by atoms with Crippen LogP contribution in [0.1, 0.15) is 27.8 Å². The summed E-state index contributed by atoms with van der Waals surface area (Å²) >= 11 is 0. The van der Waals surface area contributed by atoms with Crippen LogP contribution >= 0.6 is 0 Å². The molecule has 0 atom stereocenters. The number of aromatic hydroxyl groups is 1. The van der Waals surface area contributed by atoms with E-state index >= 15 is 0 Å². The summed E-state index contributed by atoms with van der Waals surface area (Å²) in [6, 6.07) is 17.4. The minimum Gasteiger partial charge on any atom is -0.508 e. The van der Waals surface area contributed by atoms with E-state index in [-0.39, 0.29) is 23.1 Å². The second-order valence-corrected chi connectivity index (χ2v) is 11.9. The van der Waals surface area contributed by atoms with Crippen LogP contribution < -0.4 is 9.62 Å². The summed E-state index contributed by atoms with van der Waals surface area (Å²) < 4.78 is 34.9. The third kappa shape index (κ3) is 7.50. The van der Waals surface area contributed by atoms with Gasteiger partial charge in [-0.25, -0.2) is 8.42 Å². The van der Waals surface area contributed by atoms with Gasteiger partial charge in [0.05, 0.1) is 30.3 Å². The number of hydrogen-bond acceptors (Lipinski definition) is 6. The maximum atomic E-state index is 14.1.